The largest absolute Gasteiger partial charge is 0.416 e. The van der Waals surface area contributed by atoms with E-state index in [1.807, 2.05) is 6.92 Å². The average molecular weight is 433 g/mol. The molecule has 3 aromatic rings. The van der Waals surface area contributed by atoms with Gasteiger partial charge in [0.2, 0.25) is 0 Å². The Bertz CT molecular complexity index is 1120. The molecular weight excluding hydrogens is 414 g/mol. The topological polar surface area (TPSA) is 64.0 Å². The fourth-order valence-corrected chi connectivity index (χ4v) is 3.07. The Kier molecular flexibility index (Phi) is 6.53. The number of hydrogen-bond acceptors (Lipinski definition) is 3. The molecule has 0 aliphatic carbocycles. The zero-order chi connectivity index (χ0) is 22.6. The van der Waals surface area contributed by atoms with Crippen LogP contribution in [0, 0.1) is 5.82 Å². The fourth-order valence-electron chi connectivity index (χ4n) is 3.07. The fraction of sp³-hybridized carbons (Fsp3) is 0.227. The first kappa shape index (κ1) is 22.2. The molecule has 0 fully saturated rings. The highest BCUT2D eigenvalue weighted by atomic mass is 19.4. The van der Waals surface area contributed by atoms with E-state index in [1.54, 1.807) is 0 Å². The van der Waals surface area contributed by atoms with E-state index >= 15 is 0 Å². The maximum absolute atomic E-state index is 13.1. The molecule has 1 heterocycles. The van der Waals surface area contributed by atoms with Crippen molar-refractivity contribution in [2.24, 2.45) is 0 Å². The first-order valence-corrected chi connectivity index (χ1v) is 9.53. The van der Waals surface area contributed by atoms with Gasteiger partial charge in [-0.2, -0.15) is 23.0 Å². The van der Waals surface area contributed by atoms with Crippen LogP contribution in [-0.4, -0.2) is 15.7 Å². The van der Waals surface area contributed by atoms with Crippen molar-refractivity contribution < 1.29 is 22.4 Å². The lowest BCUT2D eigenvalue weighted by molar-refractivity contribution is -0.137. The summed E-state index contributed by atoms with van der Waals surface area (Å²) in [4.78, 5) is 24.9. The second-order valence-electron chi connectivity index (χ2n) is 6.88. The van der Waals surface area contributed by atoms with E-state index in [4.69, 9.17) is 0 Å². The number of carbonyl (C=O) groups excluding carboxylic acids is 1. The van der Waals surface area contributed by atoms with Crippen LogP contribution >= 0.6 is 0 Å². The van der Waals surface area contributed by atoms with Crippen LogP contribution in [0.4, 0.5) is 17.6 Å². The van der Waals surface area contributed by atoms with Crippen LogP contribution in [0.3, 0.4) is 0 Å². The predicted octanol–water partition coefficient (Wildman–Crippen LogP) is 4.66. The van der Waals surface area contributed by atoms with Crippen molar-refractivity contribution in [1.29, 1.82) is 0 Å². The van der Waals surface area contributed by atoms with Gasteiger partial charge in [0.15, 0.2) is 0 Å². The van der Waals surface area contributed by atoms with Gasteiger partial charge in [-0.25, -0.2) is 4.39 Å². The number of hydrogen-bond donors (Lipinski definition) is 1. The van der Waals surface area contributed by atoms with Gasteiger partial charge in [-0.1, -0.05) is 25.5 Å². The normalized spacial score (nSPS) is 12.4. The lowest BCUT2D eigenvalue weighted by Gasteiger charge is -2.20. The zero-order valence-electron chi connectivity index (χ0n) is 16.5. The Morgan fingerprint density at radius 3 is 2.45 bits per heavy atom. The summed E-state index contributed by atoms with van der Waals surface area (Å²) in [5, 5.41) is 6.72. The van der Waals surface area contributed by atoms with Crippen LogP contribution in [0.2, 0.25) is 0 Å². The molecule has 1 N–H and O–H groups in total. The molecule has 3 rings (SSSR count). The molecule has 1 amide bonds. The summed E-state index contributed by atoms with van der Waals surface area (Å²) in [5.74, 6) is -1.14. The lowest BCUT2D eigenvalue weighted by atomic mass is 9.99. The average Bonchev–Trinajstić information content (AvgIpc) is 2.74. The van der Waals surface area contributed by atoms with Crippen LogP contribution in [0.1, 0.15) is 47.4 Å². The first-order valence-electron chi connectivity index (χ1n) is 9.53. The molecule has 2 aromatic carbocycles. The Hall–Kier alpha value is -3.49. The van der Waals surface area contributed by atoms with Crippen molar-refractivity contribution in [3.63, 3.8) is 0 Å². The molecule has 1 atom stereocenters. The SMILES string of the molecule is CCCC(NC(=O)c1ccc(=O)n(-c2ccc(F)cc2)n1)c1cccc(C(F)(F)F)c1. The highest BCUT2D eigenvalue weighted by molar-refractivity contribution is 5.92. The third kappa shape index (κ3) is 5.36. The molecule has 1 unspecified atom stereocenters. The Labute approximate surface area is 175 Å². The summed E-state index contributed by atoms with van der Waals surface area (Å²) in [5.41, 5.74) is -0.840. The monoisotopic (exact) mass is 433 g/mol. The highest BCUT2D eigenvalue weighted by Gasteiger charge is 2.31. The third-order valence-corrected chi connectivity index (χ3v) is 4.60. The summed E-state index contributed by atoms with van der Waals surface area (Å²) >= 11 is 0. The highest BCUT2D eigenvalue weighted by Crippen LogP contribution is 2.31. The molecule has 0 saturated carbocycles. The van der Waals surface area contributed by atoms with Crippen molar-refractivity contribution in [3.8, 4) is 5.69 Å². The van der Waals surface area contributed by atoms with Gasteiger partial charge in [0.05, 0.1) is 17.3 Å². The quantitative estimate of drug-likeness (QED) is 0.575. The van der Waals surface area contributed by atoms with E-state index in [9.17, 15) is 27.2 Å². The minimum Gasteiger partial charge on any atom is -0.344 e. The molecule has 31 heavy (non-hydrogen) atoms. The first-order chi connectivity index (χ1) is 14.7. The van der Waals surface area contributed by atoms with E-state index < -0.39 is 35.1 Å². The Morgan fingerprint density at radius 2 is 1.81 bits per heavy atom. The van der Waals surface area contributed by atoms with Crippen molar-refractivity contribution in [2.75, 3.05) is 0 Å². The van der Waals surface area contributed by atoms with Crippen LogP contribution < -0.4 is 10.9 Å². The van der Waals surface area contributed by atoms with Crippen LogP contribution in [-0.2, 0) is 6.18 Å². The number of alkyl halides is 3. The lowest BCUT2D eigenvalue weighted by Crippen LogP contribution is -2.32. The summed E-state index contributed by atoms with van der Waals surface area (Å²) in [6.07, 6.45) is -3.47. The van der Waals surface area contributed by atoms with Gasteiger partial charge in [0.25, 0.3) is 11.5 Å². The van der Waals surface area contributed by atoms with E-state index in [-0.39, 0.29) is 11.4 Å². The summed E-state index contributed by atoms with van der Waals surface area (Å²) in [6.45, 7) is 1.85. The minimum atomic E-state index is -4.50. The van der Waals surface area contributed by atoms with Crippen LogP contribution in [0.5, 0.6) is 0 Å². The number of nitrogens with zero attached hydrogens (tertiary/aromatic N) is 2. The zero-order valence-corrected chi connectivity index (χ0v) is 16.5. The molecule has 9 heteroatoms. The van der Waals surface area contributed by atoms with Crippen molar-refractivity contribution >= 4 is 5.91 Å². The summed E-state index contributed by atoms with van der Waals surface area (Å²) in [7, 11) is 0. The predicted molar refractivity (Wildman–Crippen MR) is 106 cm³/mol. The van der Waals surface area contributed by atoms with Gasteiger partial charge in [-0.15, -0.1) is 0 Å². The van der Waals surface area contributed by atoms with Crippen molar-refractivity contribution in [3.05, 3.63) is 93.7 Å². The summed E-state index contributed by atoms with van der Waals surface area (Å²) < 4.78 is 53.3. The van der Waals surface area contributed by atoms with Crippen molar-refractivity contribution in [1.82, 2.24) is 15.1 Å². The number of halogens is 4. The third-order valence-electron chi connectivity index (χ3n) is 4.60. The maximum atomic E-state index is 13.1. The van der Waals surface area contributed by atoms with E-state index in [0.717, 1.165) is 35.0 Å². The molecule has 0 aliphatic rings. The molecule has 0 saturated heterocycles. The van der Waals surface area contributed by atoms with E-state index in [1.165, 1.54) is 30.3 Å². The van der Waals surface area contributed by atoms with Gasteiger partial charge < -0.3 is 5.32 Å². The smallest absolute Gasteiger partial charge is 0.344 e. The van der Waals surface area contributed by atoms with E-state index in [0.29, 0.717) is 18.4 Å². The number of benzene rings is 2. The molecule has 5 nitrogen and oxygen atoms in total. The van der Waals surface area contributed by atoms with Crippen LogP contribution in [0.25, 0.3) is 5.69 Å². The van der Waals surface area contributed by atoms with Gasteiger partial charge >= 0.3 is 6.18 Å². The summed E-state index contributed by atoms with van der Waals surface area (Å²) in [6, 6.07) is 11.5. The molecule has 0 spiro atoms. The molecule has 0 bridgehead atoms. The van der Waals surface area contributed by atoms with E-state index in [2.05, 4.69) is 10.4 Å². The molecule has 1 aromatic heterocycles. The second kappa shape index (κ2) is 9.11. The molecule has 162 valence electrons. The number of carbonyl (C=O) groups is 1. The second-order valence-corrected chi connectivity index (χ2v) is 6.88. The Balaban J connectivity index is 1.89. The molecule has 0 radical (unpaired) electrons. The number of rotatable bonds is 6. The van der Waals surface area contributed by atoms with Gasteiger partial charge in [0.1, 0.15) is 11.5 Å². The minimum absolute atomic E-state index is 0.1000. The van der Waals surface area contributed by atoms with Gasteiger partial charge in [-0.05, 0) is 54.4 Å². The van der Waals surface area contributed by atoms with Crippen molar-refractivity contribution in [2.45, 2.75) is 32.0 Å². The van der Waals surface area contributed by atoms with Crippen LogP contribution in [0.15, 0.2) is 65.5 Å². The maximum Gasteiger partial charge on any atom is 0.416 e. The number of aromatic nitrogens is 2. The van der Waals surface area contributed by atoms with Gasteiger partial charge in [-0.3, -0.25) is 9.59 Å². The molecular formula is C22H19F4N3O2. The molecule has 0 aliphatic heterocycles. The van der Waals surface area contributed by atoms with Gasteiger partial charge in [0, 0.05) is 6.07 Å². The number of nitrogens with one attached hydrogen (secondary N) is 1. The standard InChI is InChI=1S/C22H19F4N3O2/c1-2-4-18(14-5-3-6-15(13-14)22(24,25)26)27-21(31)19-11-12-20(30)29(28-19)17-9-7-16(23)8-10-17/h3,5-13,18H,2,4H2,1H3,(H,27,31). The number of amides is 1. The Morgan fingerprint density at radius 1 is 1.10 bits per heavy atom.